The molecule has 0 unspecified atom stereocenters. The van der Waals surface area contributed by atoms with Crippen molar-refractivity contribution >= 4 is 17.5 Å². The third kappa shape index (κ3) is 4.84. The number of nitrogens with zero attached hydrogens (tertiary/aromatic N) is 3. The van der Waals surface area contributed by atoms with Gasteiger partial charge in [-0.3, -0.25) is 0 Å². The zero-order valence-electron chi connectivity index (χ0n) is 16.2. The molecule has 148 valence electrons. The highest BCUT2D eigenvalue weighted by atomic mass is 35.5. The minimum Gasteiger partial charge on any atom is -0.387 e. The van der Waals surface area contributed by atoms with E-state index in [1.807, 2.05) is 48.5 Å². The number of halogens is 1. The third-order valence-electron chi connectivity index (χ3n) is 5.39. The first-order chi connectivity index (χ1) is 14.2. The molecule has 0 saturated carbocycles. The number of hydrogen-bond donors (Lipinski definition) is 1. The van der Waals surface area contributed by atoms with E-state index in [-0.39, 0.29) is 5.92 Å². The molecular weight excluding hydrogens is 382 g/mol. The molecule has 1 aliphatic rings. The first-order valence-electron chi connectivity index (χ1n) is 9.91. The van der Waals surface area contributed by atoms with Crippen molar-refractivity contribution in [1.29, 1.82) is 0 Å². The van der Waals surface area contributed by atoms with Gasteiger partial charge in [0.05, 0.1) is 6.10 Å². The fourth-order valence-electron chi connectivity index (χ4n) is 3.78. The molecule has 1 saturated heterocycles. The van der Waals surface area contributed by atoms with E-state index in [1.165, 1.54) is 5.57 Å². The zero-order chi connectivity index (χ0) is 20.1. The standard InChI is InChI=1S/C24H24ClN3O/c25-21-9-7-20(8-10-21)23(29)22(19-5-2-1-3-6-19)17-18-11-15-28(16-12-18)24-26-13-4-14-27-24/h1-10,13-14,17,22-23,29H,11-12,15-16H2/t22-,23-/m0/s1. The number of aromatic nitrogens is 2. The van der Waals surface area contributed by atoms with Crippen LogP contribution >= 0.6 is 11.6 Å². The highest BCUT2D eigenvalue weighted by molar-refractivity contribution is 6.30. The minimum atomic E-state index is -0.627. The van der Waals surface area contributed by atoms with Crippen LogP contribution in [0.25, 0.3) is 0 Å². The summed E-state index contributed by atoms with van der Waals surface area (Å²) in [5.41, 5.74) is 3.34. The minimum absolute atomic E-state index is 0.105. The van der Waals surface area contributed by atoms with Gasteiger partial charge in [0.25, 0.3) is 0 Å². The third-order valence-corrected chi connectivity index (χ3v) is 5.64. The van der Waals surface area contributed by atoms with Crippen molar-refractivity contribution in [1.82, 2.24) is 9.97 Å². The van der Waals surface area contributed by atoms with Gasteiger partial charge in [0, 0.05) is 36.4 Å². The molecule has 1 N–H and O–H groups in total. The van der Waals surface area contributed by atoms with E-state index in [4.69, 9.17) is 11.6 Å². The number of aliphatic hydroxyl groups is 1. The van der Waals surface area contributed by atoms with Crippen molar-refractivity contribution in [3.63, 3.8) is 0 Å². The lowest BCUT2D eigenvalue weighted by Crippen LogP contribution is -2.32. The number of anilines is 1. The van der Waals surface area contributed by atoms with Crippen LogP contribution in [0.4, 0.5) is 5.95 Å². The van der Waals surface area contributed by atoms with Crippen LogP contribution in [-0.2, 0) is 0 Å². The summed E-state index contributed by atoms with van der Waals surface area (Å²) in [7, 11) is 0. The monoisotopic (exact) mass is 405 g/mol. The zero-order valence-corrected chi connectivity index (χ0v) is 16.9. The van der Waals surface area contributed by atoms with Crippen LogP contribution < -0.4 is 4.90 Å². The fraction of sp³-hybridized carbons (Fsp3) is 0.250. The van der Waals surface area contributed by atoms with Crippen molar-refractivity contribution in [2.45, 2.75) is 24.9 Å². The summed E-state index contributed by atoms with van der Waals surface area (Å²) in [4.78, 5) is 10.9. The Morgan fingerprint density at radius 1 is 0.862 bits per heavy atom. The van der Waals surface area contributed by atoms with Crippen LogP contribution in [0.1, 0.15) is 36.0 Å². The first kappa shape index (κ1) is 19.6. The summed E-state index contributed by atoms with van der Waals surface area (Å²) in [6.07, 6.45) is 7.06. The lowest BCUT2D eigenvalue weighted by Gasteiger charge is -2.30. The topological polar surface area (TPSA) is 49.2 Å². The van der Waals surface area contributed by atoms with Gasteiger partial charge in [-0.1, -0.05) is 65.7 Å². The van der Waals surface area contributed by atoms with Gasteiger partial charge in [-0.15, -0.1) is 0 Å². The highest BCUT2D eigenvalue weighted by Crippen LogP contribution is 2.35. The smallest absolute Gasteiger partial charge is 0.225 e. The highest BCUT2D eigenvalue weighted by Gasteiger charge is 2.23. The number of aliphatic hydroxyl groups excluding tert-OH is 1. The number of rotatable bonds is 5. The molecule has 4 nitrogen and oxygen atoms in total. The molecule has 2 heterocycles. The second kappa shape index (κ2) is 9.21. The SMILES string of the molecule is O[C@@H](c1ccc(Cl)cc1)[C@@H](C=C1CCN(c2ncccn2)CC1)c1ccccc1. The normalized spacial score (nSPS) is 16.3. The maximum Gasteiger partial charge on any atom is 0.225 e. The predicted molar refractivity (Wildman–Crippen MR) is 117 cm³/mol. The summed E-state index contributed by atoms with van der Waals surface area (Å²) < 4.78 is 0. The molecule has 2 atom stereocenters. The van der Waals surface area contributed by atoms with Crippen LogP contribution in [-0.4, -0.2) is 28.2 Å². The molecule has 0 amide bonds. The van der Waals surface area contributed by atoms with E-state index in [2.05, 4.69) is 33.1 Å². The molecule has 1 aromatic heterocycles. The molecule has 0 bridgehead atoms. The second-order valence-electron chi connectivity index (χ2n) is 7.29. The van der Waals surface area contributed by atoms with Gasteiger partial charge < -0.3 is 10.0 Å². The average molecular weight is 406 g/mol. The Kier molecular flexibility index (Phi) is 6.23. The Labute approximate surface area is 176 Å². The Bertz CT molecular complexity index is 935. The average Bonchev–Trinajstić information content (AvgIpc) is 2.79. The maximum atomic E-state index is 11.2. The van der Waals surface area contributed by atoms with Crippen molar-refractivity contribution in [2.24, 2.45) is 0 Å². The van der Waals surface area contributed by atoms with Crippen molar-refractivity contribution in [3.05, 3.63) is 101 Å². The Morgan fingerprint density at radius 2 is 1.52 bits per heavy atom. The Morgan fingerprint density at radius 3 is 2.17 bits per heavy atom. The van der Waals surface area contributed by atoms with Gasteiger partial charge in [0.2, 0.25) is 5.95 Å². The molecule has 3 aromatic rings. The van der Waals surface area contributed by atoms with Crippen LogP contribution in [0.3, 0.4) is 0 Å². The van der Waals surface area contributed by atoms with Crippen LogP contribution in [0.5, 0.6) is 0 Å². The molecule has 0 aliphatic carbocycles. The number of benzene rings is 2. The summed E-state index contributed by atoms with van der Waals surface area (Å²) in [5, 5.41) is 11.8. The van der Waals surface area contributed by atoms with Crippen LogP contribution in [0.2, 0.25) is 5.02 Å². The van der Waals surface area contributed by atoms with E-state index in [9.17, 15) is 5.11 Å². The van der Waals surface area contributed by atoms with Gasteiger partial charge in [0.1, 0.15) is 0 Å². The summed E-state index contributed by atoms with van der Waals surface area (Å²) >= 11 is 6.02. The fourth-order valence-corrected chi connectivity index (χ4v) is 3.91. The number of hydrogen-bond acceptors (Lipinski definition) is 4. The van der Waals surface area contributed by atoms with Gasteiger partial charge in [-0.2, -0.15) is 0 Å². The summed E-state index contributed by atoms with van der Waals surface area (Å²) in [6, 6.07) is 19.5. The molecule has 1 fully saturated rings. The Balaban J connectivity index is 1.55. The van der Waals surface area contributed by atoms with E-state index >= 15 is 0 Å². The second-order valence-corrected chi connectivity index (χ2v) is 7.73. The molecule has 0 spiro atoms. The Hall–Kier alpha value is -2.69. The van der Waals surface area contributed by atoms with Gasteiger partial charge >= 0.3 is 0 Å². The van der Waals surface area contributed by atoms with Gasteiger partial charge in [-0.25, -0.2) is 9.97 Å². The molecular formula is C24H24ClN3O. The van der Waals surface area contributed by atoms with Crippen molar-refractivity contribution < 1.29 is 5.11 Å². The van der Waals surface area contributed by atoms with E-state index in [0.29, 0.717) is 5.02 Å². The van der Waals surface area contributed by atoms with Crippen molar-refractivity contribution in [2.75, 3.05) is 18.0 Å². The maximum absolute atomic E-state index is 11.2. The van der Waals surface area contributed by atoms with Crippen molar-refractivity contribution in [3.8, 4) is 0 Å². The van der Waals surface area contributed by atoms with Crippen LogP contribution in [0.15, 0.2) is 84.7 Å². The lowest BCUT2D eigenvalue weighted by atomic mass is 9.86. The van der Waals surface area contributed by atoms with E-state index in [1.54, 1.807) is 12.4 Å². The molecule has 0 radical (unpaired) electrons. The van der Waals surface area contributed by atoms with Gasteiger partial charge in [0.15, 0.2) is 0 Å². The summed E-state index contributed by atoms with van der Waals surface area (Å²) in [5.74, 6) is 0.680. The summed E-state index contributed by atoms with van der Waals surface area (Å²) in [6.45, 7) is 1.77. The number of piperidine rings is 1. The first-order valence-corrected chi connectivity index (χ1v) is 10.3. The lowest BCUT2D eigenvalue weighted by molar-refractivity contribution is 0.161. The van der Waals surface area contributed by atoms with E-state index < -0.39 is 6.10 Å². The molecule has 4 rings (SSSR count). The van der Waals surface area contributed by atoms with E-state index in [0.717, 1.165) is 43.0 Å². The van der Waals surface area contributed by atoms with Crippen LogP contribution in [0, 0.1) is 0 Å². The largest absolute Gasteiger partial charge is 0.387 e. The van der Waals surface area contributed by atoms with Gasteiger partial charge in [-0.05, 0) is 42.2 Å². The predicted octanol–water partition coefficient (Wildman–Crippen LogP) is 5.17. The molecule has 29 heavy (non-hydrogen) atoms. The molecule has 1 aliphatic heterocycles. The molecule has 2 aromatic carbocycles. The quantitative estimate of drug-likeness (QED) is 0.594. The molecule has 5 heteroatoms.